The van der Waals surface area contributed by atoms with Crippen molar-refractivity contribution in [2.24, 2.45) is 4.99 Å². The van der Waals surface area contributed by atoms with E-state index in [-0.39, 0.29) is 0 Å². The first-order chi connectivity index (χ1) is 12.1. The van der Waals surface area contributed by atoms with Crippen LogP contribution in [-0.4, -0.2) is 31.5 Å². The zero-order valence-corrected chi connectivity index (χ0v) is 15.8. The van der Waals surface area contributed by atoms with Crippen molar-refractivity contribution in [2.45, 2.75) is 33.5 Å². The molecule has 25 heavy (non-hydrogen) atoms. The minimum atomic E-state index is 0.761. The fourth-order valence-electron chi connectivity index (χ4n) is 2.68. The summed E-state index contributed by atoms with van der Waals surface area (Å²) in [5, 5.41) is 6.76. The van der Waals surface area contributed by atoms with Crippen LogP contribution in [0.5, 0.6) is 0 Å². The van der Waals surface area contributed by atoms with Crippen molar-refractivity contribution >= 4 is 5.96 Å². The maximum absolute atomic E-state index is 4.31. The quantitative estimate of drug-likeness (QED) is 0.601. The van der Waals surface area contributed by atoms with E-state index in [1.807, 2.05) is 0 Å². The van der Waals surface area contributed by atoms with Gasteiger partial charge >= 0.3 is 0 Å². The van der Waals surface area contributed by atoms with Crippen molar-refractivity contribution in [3.63, 3.8) is 0 Å². The summed E-state index contributed by atoms with van der Waals surface area (Å²) in [6.45, 7) is 7.84. The Balaban J connectivity index is 1.87. The Labute approximate surface area is 152 Å². The van der Waals surface area contributed by atoms with Crippen molar-refractivity contribution < 1.29 is 0 Å². The molecule has 0 fully saturated rings. The lowest BCUT2D eigenvalue weighted by Gasteiger charge is -2.15. The number of hydrogen-bond donors (Lipinski definition) is 2. The highest BCUT2D eigenvalue weighted by atomic mass is 15.2. The van der Waals surface area contributed by atoms with Gasteiger partial charge in [0.25, 0.3) is 0 Å². The summed E-state index contributed by atoms with van der Waals surface area (Å²) in [6, 6.07) is 17.2. The van der Waals surface area contributed by atoms with E-state index in [1.54, 1.807) is 7.05 Å². The van der Waals surface area contributed by atoms with Gasteiger partial charge in [-0.25, -0.2) is 0 Å². The zero-order chi connectivity index (χ0) is 18.1. The Morgan fingerprint density at radius 2 is 1.56 bits per heavy atom. The average molecular weight is 338 g/mol. The van der Waals surface area contributed by atoms with Crippen LogP contribution in [0, 0.1) is 6.92 Å². The molecule has 0 unspecified atom stereocenters. The molecule has 0 bridgehead atoms. The molecule has 0 saturated heterocycles. The van der Waals surface area contributed by atoms with Crippen LogP contribution in [0.3, 0.4) is 0 Å². The van der Waals surface area contributed by atoms with Gasteiger partial charge in [-0.1, -0.05) is 61.0 Å². The molecule has 0 atom stereocenters. The second kappa shape index (κ2) is 9.84. The number of nitrogens with one attached hydrogen (secondary N) is 2. The molecule has 0 radical (unpaired) electrons. The van der Waals surface area contributed by atoms with Crippen LogP contribution in [-0.2, 0) is 19.6 Å². The standard InChI is InChI=1S/C21H30N4/c1-5-25(4)16-20-11-7-10-19(13-20)15-24-21(22-3)23-14-18-9-6-8-17(2)12-18/h6-13H,5,14-16H2,1-4H3,(H2,22,23,24). The second-order valence-corrected chi connectivity index (χ2v) is 6.42. The summed E-state index contributed by atoms with van der Waals surface area (Å²) < 4.78 is 0. The Bertz CT molecular complexity index is 694. The Morgan fingerprint density at radius 3 is 2.16 bits per heavy atom. The van der Waals surface area contributed by atoms with E-state index in [4.69, 9.17) is 0 Å². The summed E-state index contributed by atoms with van der Waals surface area (Å²) >= 11 is 0. The molecule has 0 spiro atoms. The third-order valence-electron chi connectivity index (χ3n) is 4.21. The highest BCUT2D eigenvalue weighted by molar-refractivity contribution is 5.79. The molecule has 0 amide bonds. The van der Waals surface area contributed by atoms with Gasteiger partial charge in [-0.15, -0.1) is 0 Å². The van der Waals surface area contributed by atoms with E-state index < -0.39 is 0 Å². The highest BCUT2D eigenvalue weighted by Gasteiger charge is 2.02. The first-order valence-electron chi connectivity index (χ1n) is 8.87. The van der Waals surface area contributed by atoms with E-state index in [0.29, 0.717) is 0 Å². The molecular formula is C21H30N4. The summed E-state index contributed by atoms with van der Waals surface area (Å²) in [7, 11) is 3.94. The van der Waals surface area contributed by atoms with Crippen molar-refractivity contribution in [3.8, 4) is 0 Å². The second-order valence-electron chi connectivity index (χ2n) is 6.42. The first-order valence-corrected chi connectivity index (χ1v) is 8.87. The molecule has 0 aliphatic carbocycles. The number of aryl methyl sites for hydroxylation is 1. The van der Waals surface area contributed by atoms with Crippen LogP contribution in [0.4, 0.5) is 0 Å². The zero-order valence-electron chi connectivity index (χ0n) is 15.8. The smallest absolute Gasteiger partial charge is 0.191 e. The van der Waals surface area contributed by atoms with E-state index in [0.717, 1.165) is 32.1 Å². The maximum Gasteiger partial charge on any atom is 0.191 e. The summed E-state index contributed by atoms with van der Waals surface area (Å²) in [5.41, 5.74) is 5.13. The van der Waals surface area contributed by atoms with Crippen molar-refractivity contribution in [1.29, 1.82) is 0 Å². The molecule has 134 valence electrons. The van der Waals surface area contributed by atoms with Crippen LogP contribution < -0.4 is 10.6 Å². The molecule has 4 heteroatoms. The minimum Gasteiger partial charge on any atom is -0.352 e. The first kappa shape index (κ1) is 19.0. The highest BCUT2D eigenvalue weighted by Crippen LogP contribution is 2.08. The van der Waals surface area contributed by atoms with Crippen LogP contribution in [0.2, 0.25) is 0 Å². The number of rotatable bonds is 7. The van der Waals surface area contributed by atoms with Gasteiger partial charge in [0.1, 0.15) is 0 Å². The summed E-state index contributed by atoms with van der Waals surface area (Å²) in [6.07, 6.45) is 0. The lowest BCUT2D eigenvalue weighted by molar-refractivity contribution is 0.345. The van der Waals surface area contributed by atoms with Crippen LogP contribution in [0.1, 0.15) is 29.2 Å². The fraction of sp³-hybridized carbons (Fsp3) is 0.381. The molecule has 0 heterocycles. The minimum absolute atomic E-state index is 0.761. The van der Waals surface area contributed by atoms with Gasteiger partial charge in [0.2, 0.25) is 0 Å². The summed E-state index contributed by atoms with van der Waals surface area (Å²) in [5.74, 6) is 0.817. The fourth-order valence-corrected chi connectivity index (χ4v) is 2.68. The molecule has 0 aliphatic heterocycles. The van der Waals surface area contributed by atoms with Gasteiger partial charge in [0, 0.05) is 26.7 Å². The van der Waals surface area contributed by atoms with Gasteiger partial charge in [0.15, 0.2) is 5.96 Å². The number of aliphatic imine (C=N–C) groups is 1. The molecule has 4 nitrogen and oxygen atoms in total. The topological polar surface area (TPSA) is 39.7 Å². The van der Waals surface area contributed by atoms with Crippen molar-refractivity contribution in [3.05, 3.63) is 70.8 Å². The maximum atomic E-state index is 4.31. The van der Waals surface area contributed by atoms with Gasteiger partial charge in [-0.2, -0.15) is 0 Å². The molecule has 2 aromatic rings. The molecule has 0 saturated carbocycles. The van der Waals surface area contributed by atoms with Crippen LogP contribution >= 0.6 is 0 Å². The third-order valence-corrected chi connectivity index (χ3v) is 4.21. The number of guanidine groups is 1. The predicted octanol–water partition coefficient (Wildman–Crippen LogP) is 3.31. The Kier molecular flexibility index (Phi) is 7.48. The molecular weight excluding hydrogens is 308 g/mol. The van der Waals surface area contributed by atoms with Crippen LogP contribution in [0.25, 0.3) is 0 Å². The van der Waals surface area contributed by atoms with E-state index in [2.05, 4.69) is 90.0 Å². The predicted molar refractivity (Wildman–Crippen MR) is 107 cm³/mol. The lowest BCUT2D eigenvalue weighted by atomic mass is 10.1. The van der Waals surface area contributed by atoms with E-state index in [9.17, 15) is 0 Å². The van der Waals surface area contributed by atoms with E-state index >= 15 is 0 Å². The van der Waals surface area contributed by atoms with Crippen molar-refractivity contribution in [1.82, 2.24) is 15.5 Å². The van der Waals surface area contributed by atoms with Gasteiger partial charge in [-0.3, -0.25) is 4.99 Å². The van der Waals surface area contributed by atoms with Gasteiger partial charge in [-0.05, 0) is 37.2 Å². The summed E-state index contributed by atoms with van der Waals surface area (Å²) in [4.78, 5) is 6.61. The Hall–Kier alpha value is -2.33. The average Bonchev–Trinajstić information content (AvgIpc) is 2.62. The van der Waals surface area contributed by atoms with Crippen LogP contribution in [0.15, 0.2) is 53.5 Å². The Morgan fingerprint density at radius 1 is 0.960 bits per heavy atom. The monoisotopic (exact) mass is 338 g/mol. The SMILES string of the molecule is CCN(C)Cc1cccc(CNC(=NC)NCc2cccc(C)c2)c1. The number of benzene rings is 2. The molecule has 2 N–H and O–H groups in total. The lowest BCUT2D eigenvalue weighted by Crippen LogP contribution is -2.36. The molecule has 0 aromatic heterocycles. The normalized spacial score (nSPS) is 11.6. The molecule has 2 rings (SSSR count). The number of hydrogen-bond acceptors (Lipinski definition) is 2. The number of nitrogens with zero attached hydrogens (tertiary/aromatic N) is 2. The van der Waals surface area contributed by atoms with Gasteiger partial charge < -0.3 is 15.5 Å². The van der Waals surface area contributed by atoms with Crippen molar-refractivity contribution in [2.75, 3.05) is 20.6 Å². The molecule has 0 aliphatic rings. The third kappa shape index (κ3) is 6.59. The van der Waals surface area contributed by atoms with Gasteiger partial charge in [0.05, 0.1) is 0 Å². The largest absolute Gasteiger partial charge is 0.352 e. The van der Waals surface area contributed by atoms with E-state index in [1.165, 1.54) is 22.3 Å². The molecule has 2 aromatic carbocycles.